The Morgan fingerprint density at radius 1 is 0.885 bits per heavy atom. The third-order valence-corrected chi connectivity index (χ3v) is 6.20. The van der Waals surface area contributed by atoms with E-state index in [2.05, 4.69) is 6.58 Å². The van der Waals surface area contributed by atoms with Crippen LogP contribution in [0.3, 0.4) is 0 Å². The van der Waals surface area contributed by atoms with Gasteiger partial charge in [-0.05, 0) is 25.7 Å². The maximum absolute atomic E-state index is 12.9. The van der Waals surface area contributed by atoms with Gasteiger partial charge in [0.25, 0.3) is 5.91 Å². The normalized spacial score (nSPS) is 21.1. The van der Waals surface area contributed by atoms with Crippen LogP contribution < -0.4 is 0 Å². The Morgan fingerprint density at radius 2 is 1.35 bits per heavy atom. The fourth-order valence-corrected chi connectivity index (χ4v) is 4.37. The van der Waals surface area contributed by atoms with Gasteiger partial charge in [0.1, 0.15) is 0 Å². The second kappa shape index (κ2) is 9.94. The van der Waals surface area contributed by atoms with Gasteiger partial charge in [0, 0.05) is 31.8 Å². The second-order valence-corrected chi connectivity index (χ2v) is 8.06. The van der Waals surface area contributed by atoms with Crippen molar-refractivity contribution in [3.63, 3.8) is 0 Å². The first kappa shape index (κ1) is 20.7. The molecule has 1 atom stereocenters. The van der Waals surface area contributed by atoms with Crippen LogP contribution in [0.2, 0.25) is 0 Å². The molecule has 0 heterocycles. The Balaban J connectivity index is 2.01. The predicted octanol–water partition coefficient (Wildman–Crippen LogP) is 4.32. The summed E-state index contributed by atoms with van der Waals surface area (Å²) in [5.41, 5.74) is 0.552. The molecule has 0 aliphatic heterocycles. The summed E-state index contributed by atoms with van der Waals surface area (Å²) in [6, 6.07) is 0.662. The van der Waals surface area contributed by atoms with E-state index in [0.29, 0.717) is 17.7 Å². The van der Waals surface area contributed by atoms with Gasteiger partial charge < -0.3 is 9.80 Å². The number of rotatable bonds is 6. The van der Waals surface area contributed by atoms with Crippen LogP contribution in [0.25, 0.3) is 0 Å². The van der Waals surface area contributed by atoms with E-state index in [1.165, 1.54) is 38.5 Å². The maximum Gasteiger partial charge on any atom is 0.253 e. The topological polar surface area (TPSA) is 40.6 Å². The van der Waals surface area contributed by atoms with Gasteiger partial charge in [-0.1, -0.05) is 64.2 Å². The molecule has 2 aliphatic rings. The van der Waals surface area contributed by atoms with Crippen molar-refractivity contribution in [1.82, 2.24) is 9.80 Å². The van der Waals surface area contributed by atoms with Crippen LogP contribution in [0.5, 0.6) is 0 Å². The summed E-state index contributed by atoms with van der Waals surface area (Å²) < 4.78 is 0. The lowest BCUT2D eigenvalue weighted by Crippen LogP contribution is -2.41. The molecule has 2 saturated carbocycles. The number of hydrogen-bond donors (Lipinski definition) is 0. The summed E-state index contributed by atoms with van der Waals surface area (Å²) in [5.74, 6) is -0.213. The molecule has 0 saturated heterocycles. The number of amides is 2. The number of carbonyl (C=O) groups excluding carboxylic acids is 2. The van der Waals surface area contributed by atoms with Crippen LogP contribution in [-0.4, -0.2) is 47.8 Å². The van der Waals surface area contributed by atoms with Crippen LogP contribution in [-0.2, 0) is 9.59 Å². The largest absolute Gasteiger partial charge is 0.342 e. The molecular formula is C22H36N2O2. The highest BCUT2D eigenvalue weighted by atomic mass is 16.2. The average molecular weight is 361 g/mol. The first-order valence-electron chi connectivity index (χ1n) is 10.3. The molecule has 2 aliphatic carbocycles. The molecule has 0 spiro atoms. The molecule has 1 unspecified atom stereocenters. The first-order valence-corrected chi connectivity index (χ1v) is 10.3. The van der Waals surface area contributed by atoms with Crippen LogP contribution >= 0.6 is 0 Å². The van der Waals surface area contributed by atoms with Crippen LogP contribution in [0.15, 0.2) is 24.3 Å². The Morgan fingerprint density at radius 3 is 1.81 bits per heavy atom. The molecule has 146 valence electrons. The molecular weight excluding hydrogens is 324 g/mol. The quantitative estimate of drug-likeness (QED) is 0.523. The molecule has 0 bridgehead atoms. The molecule has 0 N–H and O–H groups in total. The third-order valence-electron chi connectivity index (χ3n) is 6.20. The Bertz CT molecular complexity index is 528. The molecule has 2 amide bonds. The molecule has 4 heteroatoms. The van der Waals surface area contributed by atoms with E-state index < -0.39 is 0 Å². The van der Waals surface area contributed by atoms with Crippen molar-refractivity contribution in [2.75, 3.05) is 14.1 Å². The van der Waals surface area contributed by atoms with Gasteiger partial charge in [-0.2, -0.15) is 0 Å². The Kier molecular flexibility index (Phi) is 7.92. The number of nitrogens with zero attached hydrogens (tertiary/aromatic N) is 2. The second-order valence-electron chi connectivity index (χ2n) is 8.06. The van der Waals surface area contributed by atoms with E-state index in [-0.39, 0.29) is 17.7 Å². The predicted molar refractivity (Wildman–Crippen MR) is 107 cm³/mol. The zero-order chi connectivity index (χ0) is 19.1. The van der Waals surface area contributed by atoms with Crippen LogP contribution in [0, 0.1) is 5.92 Å². The fourth-order valence-electron chi connectivity index (χ4n) is 4.37. The van der Waals surface area contributed by atoms with Crippen molar-refractivity contribution < 1.29 is 9.59 Å². The van der Waals surface area contributed by atoms with E-state index >= 15 is 0 Å². The van der Waals surface area contributed by atoms with Crippen molar-refractivity contribution >= 4 is 11.8 Å². The molecule has 26 heavy (non-hydrogen) atoms. The smallest absolute Gasteiger partial charge is 0.253 e. The maximum atomic E-state index is 12.9. The molecule has 2 rings (SSSR count). The van der Waals surface area contributed by atoms with Gasteiger partial charge in [0.2, 0.25) is 5.91 Å². The Hall–Kier alpha value is -1.58. The van der Waals surface area contributed by atoms with Crippen LogP contribution in [0.4, 0.5) is 0 Å². The van der Waals surface area contributed by atoms with Gasteiger partial charge in [-0.15, -0.1) is 0 Å². The fraction of sp³-hybridized carbons (Fsp3) is 0.727. The molecule has 0 aromatic heterocycles. The molecule has 0 radical (unpaired) electrons. The van der Waals surface area contributed by atoms with Gasteiger partial charge in [-0.25, -0.2) is 0 Å². The van der Waals surface area contributed by atoms with Gasteiger partial charge in [-0.3, -0.25) is 9.59 Å². The molecule has 2 fully saturated rings. The summed E-state index contributed by atoms with van der Waals surface area (Å²) in [6.45, 7) is 5.70. The summed E-state index contributed by atoms with van der Waals surface area (Å²) in [6.07, 6.45) is 15.1. The minimum Gasteiger partial charge on any atom is -0.342 e. The highest BCUT2D eigenvalue weighted by Crippen LogP contribution is 2.25. The summed E-state index contributed by atoms with van der Waals surface area (Å²) >= 11 is 0. The SMILES string of the molecule is C=C/C(=C\C(C)C(=O)N(C)C1CCCCC1)C(=O)N(C)C1CCCCC1. The van der Waals surface area contributed by atoms with Gasteiger partial charge >= 0.3 is 0 Å². The van der Waals surface area contributed by atoms with Crippen molar-refractivity contribution in [1.29, 1.82) is 0 Å². The van der Waals surface area contributed by atoms with Crippen molar-refractivity contribution in [3.05, 3.63) is 24.3 Å². The highest BCUT2D eigenvalue weighted by Gasteiger charge is 2.27. The van der Waals surface area contributed by atoms with Gasteiger partial charge in [0.05, 0.1) is 5.92 Å². The standard InChI is InChI=1S/C22H36N2O2/c1-5-18(22(26)24(4)20-14-10-7-11-15-20)16-17(2)21(25)23(3)19-12-8-6-9-13-19/h5,16-17,19-20H,1,6-15H2,2-4H3/b18-16+. The highest BCUT2D eigenvalue weighted by molar-refractivity contribution is 5.97. The first-order chi connectivity index (χ1) is 12.5. The number of hydrogen-bond acceptors (Lipinski definition) is 2. The summed E-state index contributed by atoms with van der Waals surface area (Å²) in [5, 5.41) is 0. The minimum atomic E-state index is -0.307. The lowest BCUT2D eigenvalue weighted by atomic mass is 9.93. The zero-order valence-corrected chi connectivity index (χ0v) is 16.9. The lowest BCUT2D eigenvalue weighted by molar-refractivity contribution is -0.134. The molecule has 4 nitrogen and oxygen atoms in total. The third kappa shape index (κ3) is 5.21. The van der Waals surface area contributed by atoms with E-state index in [9.17, 15) is 9.59 Å². The number of likely N-dealkylation sites (N-methyl/N-ethyl adjacent to an activating group) is 1. The monoisotopic (exact) mass is 360 g/mol. The van der Waals surface area contributed by atoms with Crippen molar-refractivity contribution in [3.8, 4) is 0 Å². The van der Waals surface area contributed by atoms with Crippen LogP contribution in [0.1, 0.15) is 71.1 Å². The van der Waals surface area contributed by atoms with E-state index in [0.717, 1.165) is 25.7 Å². The minimum absolute atomic E-state index is 0.00753. The van der Waals surface area contributed by atoms with Crippen molar-refractivity contribution in [2.45, 2.75) is 83.2 Å². The average Bonchev–Trinajstić information content (AvgIpc) is 2.70. The Labute approximate surface area is 159 Å². The lowest BCUT2D eigenvalue weighted by Gasteiger charge is -2.33. The molecule has 0 aromatic carbocycles. The van der Waals surface area contributed by atoms with Gasteiger partial charge in [0.15, 0.2) is 0 Å². The number of carbonyl (C=O) groups is 2. The van der Waals surface area contributed by atoms with Crippen molar-refractivity contribution in [2.24, 2.45) is 5.92 Å². The van der Waals surface area contributed by atoms with E-state index in [1.807, 2.05) is 30.8 Å². The van der Waals surface area contributed by atoms with E-state index in [1.54, 1.807) is 12.2 Å². The van der Waals surface area contributed by atoms with E-state index in [4.69, 9.17) is 0 Å². The summed E-state index contributed by atoms with van der Waals surface area (Å²) in [7, 11) is 3.79. The molecule has 0 aromatic rings. The zero-order valence-electron chi connectivity index (χ0n) is 16.9. The summed E-state index contributed by atoms with van der Waals surface area (Å²) in [4.78, 5) is 29.4.